The van der Waals surface area contributed by atoms with E-state index in [4.69, 9.17) is 14.2 Å². The summed E-state index contributed by atoms with van der Waals surface area (Å²) in [7, 11) is 1.60. The Labute approximate surface area is 121 Å². The fourth-order valence-corrected chi connectivity index (χ4v) is 1.92. The van der Waals surface area contributed by atoms with Gasteiger partial charge in [-0.2, -0.15) is 0 Å². The molecule has 0 aromatic heterocycles. The quantitative estimate of drug-likeness (QED) is 0.541. The summed E-state index contributed by atoms with van der Waals surface area (Å²) in [5.41, 5.74) is 0.619. The first-order valence-corrected chi connectivity index (χ1v) is 6.94. The molecular formula is C16H24O4. The summed E-state index contributed by atoms with van der Waals surface area (Å²) >= 11 is 0. The minimum Gasteiger partial charge on any atom is -0.497 e. The van der Waals surface area contributed by atoms with Gasteiger partial charge in [-0.3, -0.25) is 4.79 Å². The number of rotatable bonds is 8. The van der Waals surface area contributed by atoms with Gasteiger partial charge in [0.2, 0.25) is 0 Å². The third-order valence-electron chi connectivity index (χ3n) is 2.98. The number of carbonyl (C=O) groups excluding carboxylic acids is 1. The average molecular weight is 280 g/mol. The Bertz CT molecular complexity index is 411. The van der Waals surface area contributed by atoms with Gasteiger partial charge in [0.25, 0.3) is 0 Å². The van der Waals surface area contributed by atoms with Crippen LogP contribution in [0.2, 0.25) is 0 Å². The molecule has 0 N–H and O–H groups in total. The van der Waals surface area contributed by atoms with E-state index in [1.165, 1.54) is 0 Å². The number of benzene rings is 1. The number of Topliss-reactive ketones (excluding diaryl/α,β-unsaturated/α-hetero) is 1. The van der Waals surface area contributed by atoms with E-state index < -0.39 is 12.4 Å². The first-order valence-electron chi connectivity index (χ1n) is 6.94. The summed E-state index contributed by atoms with van der Waals surface area (Å²) in [4.78, 5) is 12.5. The summed E-state index contributed by atoms with van der Waals surface area (Å²) in [5.74, 6) is 0.771. The second-order valence-corrected chi connectivity index (χ2v) is 4.92. The fourth-order valence-electron chi connectivity index (χ4n) is 1.92. The van der Waals surface area contributed by atoms with Crippen molar-refractivity contribution in [2.45, 2.75) is 40.1 Å². The molecule has 0 aliphatic carbocycles. The molecular weight excluding hydrogens is 256 g/mol. The van der Waals surface area contributed by atoms with E-state index in [0.717, 1.165) is 5.75 Å². The minimum atomic E-state index is -0.509. The number of hydrogen-bond donors (Lipinski definition) is 0. The van der Waals surface area contributed by atoms with Gasteiger partial charge in [-0.05, 0) is 44.0 Å². The zero-order valence-electron chi connectivity index (χ0n) is 12.9. The maximum atomic E-state index is 12.5. The largest absolute Gasteiger partial charge is 0.497 e. The Morgan fingerprint density at radius 3 is 2.20 bits per heavy atom. The molecule has 0 heterocycles. The van der Waals surface area contributed by atoms with Crippen molar-refractivity contribution in [3.8, 4) is 5.75 Å². The lowest BCUT2D eigenvalue weighted by molar-refractivity contribution is -0.154. The van der Waals surface area contributed by atoms with Gasteiger partial charge in [0.1, 0.15) is 11.9 Å². The second kappa shape index (κ2) is 8.02. The molecule has 0 aliphatic rings. The van der Waals surface area contributed by atoms with E-state index in [1.807, 2.05) is 20.8 Å². The van der Waals surface area contributed by atoms with Crippen LogP contribution in [0.3, 0.4) is 0 Å². The lowest BCUT2D eigenvalue weighted by atomic mass is 9.97. The fraction of sp³-hybridized carbons (Fsp3) is 0.562. The van der Waals surface area contributed by atoms with E-state index in [9.17, 15) is 4.79 Å². The predicted molar refractivity (Wildman–Crippen MR) is 78.1 cm³/mol. The molecule has 0 bridgehead atoms. The van der Waals surface area contributed by atoms with Crippen LogP contribution < -0.4 is 4.74 Å². The molecule has 2 unspecified atom stereocenters. The zero-order valence-corrected chi connectivity index (χ0v) is 12.9. The van der Waals surface area contributed by atoms with E-state index in [-0.39, 0.29) is 11.7 Å². The van der Waals surface area contributed by atoms with Crippen molar-refractivity contribution in [2.24, 2.45) is 5.92 Å². The molecule has 2 atom stereocenters. The van der Waals surface area contributed by atoms with Gasteiger partial charge in [-0.25, -0.2) is 0 Å². The summed E-state index contributed by atoms with van der Waals surface area (Å²) in [6.45, 7) is 8.19. The predicted octanol–water partition coefficient (Wildman–Crippen LogP) is 3.30. The average Bonchev–Trinajstić information content (AvgIpc) is 2.44. The Hall–Kier alpha value is -1.39. The lowest BCUT2D eigenvalue weighted by Gasteiger charge is -2.24. The molecule has 0 fully saturated rings. The molecule has 0 saturated carbocycles. The highest BCUT2D eigenvalue weighted by molar-refractivity contribution is 5.99. The van der Waals surface area contributed by atoms with Crippen LogP contribution in [0, 0.1) is 5.92 Å². The summed E-state index contributed by atoms with van der Waals surface area (Å²) in [6, 6.07) is 7.06. The van der Waals surface area contributed by atoms with E-state index in [0.29, 0.717) is 12.2 Å². The molecule has 0 saturated heterocycles. The highest BCUT2D eigenvalue weighted by atomic mass is 16.7. The zero-order chi connectivity index (χ0) is 15.1. The molecule has 20 heavy (non-hydrogen) atoms. The molecule has 1 aromatic rings. The van der Waals surface area contributed by atoms with Crippen molar-refractivity contribution >= 4 is 5.78 Å². The van der Waals surface area contributed by atoms with Gasteiger partial charge in [0.15, 0.2) is 12.1 Å². The summed E-state index contributed by atoms with van der Waals surface area (Å²) in [5, 5.41) is 0. The summed E-state index contributed by atoms with van der Waals surface area (Å²) < 4.78 is 16.2. The van der Waals surface area contributed by atoms with Crippen molar-refractivity contribution in [3.63, 3.8) is 0 Å². The van der Waals surface area contributed by atoms with Crippen LogP contribution in [0.25, 0.3) is 0 Å². The highest BCUT2D eigenvalue weighted by Crippen LogP contribution is 2.18. The molecule has 0 aliphatic heterocycles. The van der Waals surface area contributed by atoms with Crippen LogP contribution in [0.4, 0.5) is 0 Å². The topological polar surface area (TPSA) is 44.8 Å². The lowest BCUT2D eigenvalue weighted by Crippen LogP contribution is -2.34. The molecule has 0 radical (unpaired) electrons. The monoisotopic (exact) mass is 280 g/mol. The molecule has 1 rings (SSSR count). The van der Waals surface area contributed by atoms with Gasteiger partial charge in [-0.1, -0.05) is 13.8 Å². The van der Waals surface area contributed by atoms with Crippen LogP contribution in [0.15, 0.2) is 24.3 Å². The maximum absolute atomic E-state index is 12.5. The molecule has 0 spiro atoms. The van der Waals surface area contributed by atoms with E-state index in [2.05, 4.69) is 0 Å². The first-order chi connectivity index (χ1) is 9.49. The van der Waals surface area contributed by atoms with Crippen LogP contribution in [0.5, 0.6) is 5.75 Å². The van der Waals surface area contributed by atoms with E-state index in [1.54, 1.807) is 38.3 Å². The molecule has 112 valence electrons. The number of carbonyl (C=O) groups is 1. The SMILES string of the molecule is CCOC(C)OC(C(=O)c1ccc(OC)cc1)C(C)C. The number of ketones is 1. The Balaban J connectivity index is 2.82. The van der Waals surface area contributed by atoms with Crippen LogP contribution in [0.1, 0.15) is 38.1 Å². The molecule has 4 heteroatoms. The molecule has 4 nitrogen and oxygen atoms in total. The maximum Gasteiger partial charge on any atom is 0.191 e. The second-order valence-electron chi connectivity index (χ2n) is 4.92. The summed E-state index contributed by atoms with van der Waals surface area (Å²) in [6.07, 6.45) is -0.903. The Morgan fingerprint density at radius 1 is 1.15 bits per heavy atom. The van der Waals surface area contributed by atoms with Gasteiger partial charge >= 0.3 is 0 Å². The Kier molecular flexibility index (Phi) is 6.68. The number of ether oxygens (including phenoxy) is 3. The standard InChI is InChI=1S/C16H24O4/c1-6-19-12(4)20-16(11(2)3)15(17)13-7-9-14(18-5)10-8-13/h7-12,16H,6H2,1-5H3. The van der Waals surface area contributed by atoms with Crippen molar-refractivity contribution in [1.82, 2.24) is 0 Å². The normalized spacial score (nSPS) is 14.1. The number of methoxy groups -OCH3 is 1. The van der Waals surface area contributed by atoms with Crippen molar-refractivity contribution in [3.05, 3.63) is 29.8 Å². The third kappa shape index (κ3) is 4.62. The van der Waals surface area contributed by atoms with Gasteiger partial charge in [0, 0.05) is 12.2 Å². The van der Waals surface area contributed by atoms with Crippen molar-refractivity contribution in [2.75, 3.05) is 13.7 Å². The highest BCUT2D eigenvalue weighted by Gasteiger charge is 2.26. The van der Waals surface area contributed by atoms with Crippen molar-refractivity contribution in [1.29, 1.82) is 0 Å². The number of hydrogen-bond acceptors (Lipinski definition) is 4. The van der Waals surface area contributed by atoms with Crippen molar-refractivity contribution < 1.29 is 19.0 Å². The third-order valence-corrected chi connectivity index (χ3v) is 2.98. The Morgan fingerprint density at radius 2 is 1.75 bits per heavy atom. The van der Waals surface area contributed by atoms with Crippen LogP contribution >= 0.6 is 0 Å². The first kappa shape index (κ1) is 16.7. The smallest absolute Gasteiger partial charge is 0.191 e. The molecule has 1 aromatic carbocycles. The minimum absolute atomic E-state index is 0.0331. The van der Waals surface area contributed by atoms with Gasteiger partial charge in [-0.15, -0.1) is 0 Å². The van der Waals surface area contributed by atoms with Gasteiger partial charge in [0.05, 0.1) is 7.11 Å². The molecule has 0 amide bonds. The van der Waals surface area contributed by atoms with Gasteiger partial charge < -0.3 is 14.2 Å². The van der Waals surface area contributed by atoms with Crippen LogP contribution in [-0.2, 0) is 9.47 Å². The van der Waals surface area contributed by atoms with Crippen LogP contribution in [-0.4, -0.2) is 31.9 Å². The van der Waals surface area contributed by atoms with E-state index >= 15 is 0 Å².